The van der Waals surface area contributed by atoms with E-state index in [0.717, 1.165) is 16.9 Å². The summed E-state index contributed by atoms with van der Waals surface area (Å²) in [4.78, 5) is 25.2. The predicted molar refractivity (Wildman–Crippen MR) is 133 cm³/mol. The smallest absolute Gasteiger partial charge is 0.237 e. The molecule has 0 aromatic heterocycles. The molecule has 0 saturated heterocycles. The van der Waals surface area contributed by atoms with Crippen LogP contribution in [0.25, 0.3) is 0 Å². The lowest BCUT2D eigenvalue weighted by molar-refractivity contribution is -0.135. The maximum absolute atomic E-state index is 12.6. The molecule has 180 valence electrons. The summed E-state index contributed by atoms with van der Waals surface area (Å²) in [6.45, 7) is 11.7. The molecule has 2 aromatic rings. The Hall–Kier alpha value is -3.20. The van der Waals surface area contributed by atoms with Crippen molar-refractivity contribution in [3.05, 3.63) is 78.4 Å². The second kappa shape index (κ2) is 12.3. The zero-order valence-corrected chi connectivity index (χ0v) is 20.7. The van der Waals surface area contributed by atoms with E-state index in [2.05, 4.69) is 18.4 Å². The monoisotopic (exact) mass is 462 g/mol. The van der Waals surface area contributed by atoms with Crippen LogP contribution in [0, 0.1) is 17.3 Å². The topological polar surface area (TPSA) is 61.8 Å². The van der Waals surface area contributed by atoms with Crippen LogP contribution in [-0.4, -0.2) is 30.4 Å². The fourth-order valence-electron chi connectivity index (χ4n) is 3.26. The first-order valence-electron chi connectivity index (χ1n) is 11.2. The molecule has 0 amide bonds. The standard InChI is InChI=1S/C29H34O5/c1-7-27(33-20-22-11-9-8-10-12-22)28(2,3)19-24(30)15-18-26(31)29(4,5)34-21-23-13-16-25(32-6)17-14-23/h7-14,16-17,27H,1,19-21H2,2-6H3. The summed E-state index contributed by atoms with van der Waals surface area (Å²) in [5.74, 6) is 4.91. The molecule has 34 heavy (non-hydrogen) atoms. The predicted octanol–water partition coefficient (Wildman–Crippen LogP) is 5.32. The van der Waals surface area contributed by atoms with Crippen LogP contribution < -0.4 is 4.74 Å². The van der Waals surface area contributed by atoms with Crippen LogP contribution >= 0.6 is 0 Å². The molecule has 2 rings (SSSR count). The number of hydrogen-bond donors (Lipinski definition) is 0. The molecule has 1 unspecified atom stereocenters. The van der Waals surface area contributed by atoms with Crippen LogP contribution in [0.4, 0.5) is 0 Å². The van der Waals surface area contributed by atoms with Crippen molar-refractivity contribution in [2.24, 2.45) is 5.41 Å². The maximum Gasteiger partial charge on any atom is 0.237 e. The van der Waals surface area contributed by atoms with Crippen LogP contribution in [0.5, 0.6) is 5.75 Å². The van der Waals surface area contributed by atoms with Crippen molar-refractivity contribution in [3.63, 3.8) is 0 Å². The summed E-state index contributed by atoms with van der Waals surface area (Å²) in [5.41, 5.74) is 0.258. The van der Waals surface area contributed by atoms with Gasteiger partial charge in [0, 0.05) is 11.8 Å². The molecule has 0 saturated carbocycles. The molecule has 0 bridgehead atoms. The number of hydrogen-bond acceptors (Lipinski definition) is 5. The maximum atomic E-state index is 12.6. The van der Waals surface area contributed by atoms with E-state index in [1.54, 1.807) is 27.0 Å². The molecular weight excluding hydrogens is 428 g/mol. The molecule has 2 aromatic carbocycles. The average Bonchev–Trinajstić information content (AvgIpc) is 2.82. The van der Waals surface area contributed by atoms with E-state index in [1.807, 2.05) is 68.4 Å². The number of rotatable bonds is 12. The van der Waals surface area contributed by atoms with E-state index in [-0.39, 0.29) is 24.9 Å². The van der Waals surface area contributed by atoms with Crippen molar-refractivity contribution in [1.82, 2.24) is 0 Å². The minimum absolute atomic E-state index is 0.131. The molecule has 1 atom stereocenters. The van der Waals surface area contributed by atoms with Crippen LogP contribution in [0.2, 0.25) is 0 Å². The summed E-state index contributed by atoms with van der Waals surface area (Å²) in [7, 11) is 1.60. The van der Waals surface area contributed by atoms with E-state index in [0.29, 0.717) is 6.61 Å². The molecule has 0 N–H and O–H groups in total. The first kappa shape index (κ1) is 27.0. The molecule has 5 nitrogen and oxygen atoms in total. The molecule has 0 aliphatic heterocycles. The molecule has 0 radical (unpaired) electrons. The number of ether oxygens (including phenoxy) is 3. The van der Waals surface area contributed by atoms with Gasteiger partial charge in [-0.15, -0.1) is 6.58 Å². The largest absolute Gasteiger partial charge is 0.497 e. The van der Waals surface area contributed by atoms with E-state index >= 15 is 0 Å². The second-order valence-electron chi connectivity index (χ2n) is 9.27. The summed E-state index contributed by atoms with van der Waals surface area (Å²) >= 11 is 0. The second-order valence-corrected chi connectivity index (χ2v) is 9.27. The van der Waals surface area contributed by atoms with Gasteiger partial charge in [-0.05, 0) is 48.9 Å². The molecule has 0 fully saturated rings. The number of methoxy groups -OCH3 is 1. The summed E-state index contributed by atoms with van der Waals surface area (Å²) in [6.07, 6.45) is 1.48. The van der Waals surface area contributed by atoms with Gasteiger partial charge in [0.25, 0.3) is 0 Å². The Kier molecular flexibility index (Phi) is 9.80. The van der Waals surface area contributed by atoms with Gasteiger partial charge in [-0.3, -0.25) is 9.59 Å². The molecule has 0 aliphatic rings. The Morgan fingerprint density at radius 3 is 2.15 bits per heavy atom. The Morgan fingerprint density at radius 2 is 1.56 bits per heavy atom. The zero-order chi connectivity index (χ0) is 25.2. The van der Waals surface area contributed by atoms with Crippen molar-refractivity contribution in [2.75, 3.05) is 7.11 Å². The van der Waals surface area contributed by atoms with Gasteiger partial charge in [-0.1, -0.05) is 62.4 Å². The molecule has 0 spiro atoms. The van der Waals surface area contributed by atoms with Gasteiger partial charge < -0.3 is 14.2 Å². The fourth-order valence-corrected chi connectivity index (χ4v) is 3.26. The van der Waals surface area contributed by atoms with Gasteiger partial charge >= 0.3 is 0 Å². The molecule has 0 heterocycles. The van der Waals surface area contributed by atoms with Gasteiger partial charge in [0.15, 0.2) is 0 Å². The lowest BCUT2D eigenvalue weighted by Gasteiger charge is -2.31. The Balaban J connectivity index is 1.92. The highest BCUT2D eigenvalue weighted by atomic mass is 16.5. The van der Waals surface area contributed by atoms with Gasteiger partial charge in [0.1, 0.15) is 11.4 Å². The van der Waals surface area contributed by atoms with Crippen molar-refractivity contribution in [1.29, 1.82) is 0 Å². The SMILES string of the molecule is C=CC(OCc1ccccc1)C(C)(C)CC(=O)C#CC(=O)C(C)(C)OCc1ccc(OC)cc1. The van der Waals surface area contributed by atoms with Gasteiger partial charge in [-0.25, -0.2) is 0 Å². The molecular formula is C29H34O5. The first-order valence-corrected chi connectivity index (χ1v) is 11.2. The van der Waals surface area contributed by atoms with Crippen molar-refractivity contribution >= 4 is 11.6 Å². The number of benzene rings is 2. The van der Waals surface area contributed by atoms with Crippen molar-refractivity contribution in [2.45, 2.75) is 59.0 Å². The molecule has 0 aliphatic carbocycles. The average molecular weight is 463 g/mol. The van der Waals surface area contributed by atoms with Crippen molar-refractivity contribution in [3.8, 4) is 17.6 Å². The van der Waals surface area contributed by atoms with Crippen molar-refractivity contribution < 1.29 is 23.8 Å². The lowest BCUT2D eigenvalue weighted by Crippen LogP contribution is -2.34. The number of carbonyl (C=O) groups excluding carboxylic acids is 2. The minimum Gasteiger partial charge on any atom is -0.497 e. The minimum atomic E-state index is -1.15. The van der Waals surface area contributed by atoms with E-state index in [4.69, 9.17) is 14.2 Å². The highest BCUT2D eigenvalue weighted by Gasteiger charge is 2.31. The van der Waals surface area contributed by atoms with Crippen LogP contribution in [0.1, 0.15) is 45.2 Å². The first-order chi connectivity index (χ1) is 16.1. The lowest BCUT2D eigenvalue weighted by atomic mass is 9.81. The molecule has 5 heteroatoms. The van der Waals surface area contributed by atoms with Crippen LogP contribution in [0.15, 0.2) is 67.3 Å². The third-order valence-corrected chi connectivity index (χ3v) is 5.49. The van der Waals surface area contributed by atoms with Gasteiger partial charge in [-0.2, -0.15) is 0 Å². The highest BCUT2D eigenvalue weighted by Crippen LogP contribution is 2.29. The van der Waals surface area contributed by atoms with Gasteiger partial charge in [0.05, 0.1) is 26.4 Å². The highest BCUT2D eigenvalue weighted by molar-refractivity contribution is 6.07. The third-order valence-electron chi connectivity index (χ3n) is 5.49. The number of ketones is 2. The Morgan fingerprint density at radius 1 is 0.941 bits per heavy atom. The fraction of sp³-hybridized carbons (Fsp3) is 0.379. The number of Topliss-reactive ketones (excluding diaryl/α,β-unsaturated/α-hetero) is 2. The van der Waals surface area contributed by atoms with E-state index in [1.165, 1.54) is 0 Å². The Bertz CT molecular complexity index is 1020. The van der Waals surface area contributed by atoms with Gasteiger partial charge in [0.2, 0.25) is 11.6 Å². The normalized spacial score (nSPS) is 12.3. The Labute approximate surface area is 203 Å². The zero-order valence-electron chi connectivity index (χ0n) is 20.7. The van der Waals surface area contributed by atoms with E-state index < -0.39 is 16.8 Å². The third kappa shape index (κ3) is 8.30. The summed E-state index contributed by atoms with van der Waals surface area (Å²) < 4.78 is 16.9. The van der Waals surface area contributed by atoms with Crippen LogP contribution in [0.3, 0.4) is 0 Å². The summed E-state index contributed by atoms with van der Waals surface area (Å²) in [6, 6.07) is 17.2. The summed E-state index contributed by atoms with van der Waals surface area (Å²) in [5, 5.41) is 0. The van der Waals surface area contributed by atoms with E-state index in [9.17, 15) is 9.59 Å². The quantitative estimate of drug-likeness (QED) is 0.243. The number of carbonyl (C=O) groups is 2. The van der Waals surface area contributed by atoms with Crippen LogP contribution in [-0.2, 0) is 32.3 Å².